The number of fused-ring (bicyclic) bond motifs is 1. The number of nitrogens with zero attached hydrogens (tertiary/aromatic N) is 1. The Bertz CT molecular complexity index is 264. The van der Waals surface area contributed by atoms with Crippen molar-refractivity contribution in [2.75, 3.05) is 6.54 Å². The lowest BCUT2D eigenvalue weighted by molar-refractivity contribution is 0.536. The number of aromatic amines is 1. The van der Waals surface area contributed by atoms with Gasteiger partial charge in [-0.3, -0.25) is 5.10 Å². The van der Waals surface area contributed by atoms with Gasteiger partial charge in [-0.15, -0.1) is 0 Å². The second-order valence-electron chi connectivity index (χ2n) is 3.13. The van der Waals surface area contributed by atoms with Gasteiger partial charge in [-0.25, -0.2) is 0 Å². The first-order valence-corrected chi connectivity index (χ1v) is 4.06. The van der Waals surface area contributed by atoms with Crippen LogP contribution in [0.2, 0.25) is 0 Å². The highest BCUT2D eigenvalue weighted by Crippen LogP contribution is 2.22. The number of aryl methyl sites for hydroxylation is 1. The van der Waals surface area contributed by atoms with Gasteiger partial charge >= 0.3 is 0 Å². The summed E-state index contributed by atoms with van der Waals surface area (Å²) in [5.74, 6) is 0. The molecule has 0 saturated heterocycles. The van der Waals surface area contributed by atoms with Crippen LogP contribution >= 0.6 is 0 Å². The molecule has 0 amide bonds. The minimum Gasteiger partial charge on any atom is -0.310 e. The fraction of sp³-hybridized carbons (Fsp3) is 0.625. The van der Waals surface area contributed by atoms with E-state index in [4.69, 9.17) is 0 Å². The Morgan fingerprint density at radius 1 is 1.55 bits per heavy atom. The number of hydrogen-bond donors (Lipinski definition) is 2. The quantitative estimate of drug-likeness (QED) is 0.579. The van der Waals surface area contributed by atoms with Crippen LogP contribution < -0.4 is 5.32 Å². The van der Waals surface area contributed by atoms with Crippen molar-refractivity contribution in [1.82, 2.24) is 15.5 Å². The van der Waals surface area contributed by atoms with Crippen molar-refractivity contribution in [2.24, 2.45) is 0 Å². The summed E-state index contributed by atoms with van der Waals surface area (Å²) < 4.78 is 0. The van der Waals surface area contributed by atoms with E-state index in [2.05, 4.69) is 29.4 Å². The summed E-state index contributed by atoms with van der Waals surface area (Å²) >= 11 is 0. The van der Waals surface area contributed by atoms with Gasteiger partial charge in [0.2, 0.25) is 0 Å². The van der Waals surface area contributed by atoms with Gasteiger partial charge in [0.15, 0.2) is 0 Å². The molecule has 1 aromatic rings. The summed E-state index contributed by atoms with van der Waals surface area (Å²) in [4.78, 5) is 0. The minimum atomic E-state index is 0.470. The van der Waals surface area contributed by atoms with Crippen LogP contribution in [0, 0.1) is 6.92 Å². The SMILES string of the molecule is Cc1[nH]nc2c1C(C)NCC2. The Hall–Kier alpha value is -0.830. The molecule has 3 heteroatoms. The molecule has 1 aliphatic heterocycles. The first-order valence-electron chi connectivity index (χ1n) is 4.06. The van der Waals surface area contributed by atoms with Crippen molar-refractivity contribution in [3.05, 3.63) is 17.0 Å². The lowest BCUT2D eigenvalue weighted by Gasteiger charge is -2.19. The highest BCUT2D eigenvalue weighted by atomic mass is 15.1. The van der Waals surface area contributed by atoms with E-state index in [0.29, 0.717) is 6.04 Å². The molecule has 0 fully saturated rings. The van der Waals surface area contributed by atoms with Crippen molar-refractivity contribution in [2.45, 2.75) is 26.3 Å². The van der Waals surface area contributed by atoms with Crippen LogP contribution in [0.3, 0.4) is 0 Å². The van der Waals surface area contributed by atoms with Gasteiger partial charge in [0.05, 0.1) is 5.69 Å². The zero-order valence-electron chi connectivity index (χ0n) is 6.94. The van der Waals surface area contributed by atoms with E-state index in [1.54, 1.807) is 0 Å². The molecular weight excluding hydrogens is 138 g/mol. The highest BCUT2D eigenvalue weighted by molar-refractivity contribution is 5.29. The largest absolute Gasteiger partial charge is 0.310 e. The summed E-state index contributed by atoms with van der Waals surface area (Å²) in [5, 5.41) is 10.7. The van der Waals surface area contributed by atoms with E-state index >= 15 is 0 Å². The van der Waals surface area contributed by atoms with Crippen LogP contribution in [0.5, 0.6) is 0 Å². The van der Waals surface area contributed by atoms with Crippen molar-refractivity contribution in [1.29, 1.82) is 0 Å². The summed E-state index contributed by atoms with van der Waals surface area (Å²) in [6.45, 7) is 5.31. The van der Waals surface area contributed by atoms with Crippen LogP contribution in [0.15, 0.2) is 0 Å². The van der Waals surface area contributed by atoms with E-state index in [1.807, 2.05) is 0 Å². The van der Waals surface area contributed by atoms with E-state index in [1.165, 1.54) is 17.0 Å². The third-order valence-electron chi connectivity index (χ3n) is 2.32. The molecule has 1 aromatic heterocycles. The number of hydrogen-bond acceptors (Lipinski definition) is 2. The van der Waals surface area contributed by atoms with Crippen molar-refractivity contribution in [3.63, 3.8) is 0 Å². The molecule has 0 spiro atoms. The summed E-state index contributed by atoms with van der Waals surface area (Å²) in [6.07, 6.45) is 1.06. The molecular formula is C8H13N3. The fourth-order valence-corrected chi connectivity index (χ4v) is 1.76. The molecule has 1 atom stereocenters. The number of aromatic nitrogens is 2. The zero-order chi connectivity index (χ0) is 7.84. The Morgan fingerprint density at radius 3 is 3.09 bits per heavy atom. The van der Waals surface area contributed by atoms with Crippen LogP contribution in [0.1, 0.15) is 29.9 Å². The molecule has 0 bridgehead atoms. The third-order valence-corrected chi connectivity index (χ3v) is 2.32. The molecule has 60 valence electrons. The smallest absolute Gasteiger partial charge is 0.0685 e. The van der Waals surface area contributed by atoms with E-state index < -0.39 is 0 Å². The van der Waals surface area contributed by atoms with Gasteiger partial charge in [0, 0.05) is 30.3 Å². The molecule has 3 nitrogen and oxygen atoms in total. The molecule has 0 saturated carbocycles. The Labute approximate surface area is 66.2 Å². The first-order chi connectivity index (χ1) is 5.29. The van der Waals surface area contributed by atoms with Gasteiger partial charge in [-0.1, -0.05) is 0 Å². The van der Waals surface area contributed by atoms with Crippen LogP contribution in [0.4, 0.5) is 0 Å². The summed E-state index contributed by atoms with van der Waals surface area (Å²) in [7, 11) is 0. The highest BCUT2D eigenvalue weighted by Gasteiger charge is 2.19. The molecule has 0 aliphatic carbocycles. The maximum Gasteiger partial charge on any atom is 0.0685 e. The topological polar surface area (TPSA) is 40.7 Å². The predicted octanol–water partition coefficient (Wildman–Crippen LogP) is 0.925. The Morgan fingerprint density at radius 2 is 2.36 bits per heavy atom. The first kappa shape index (κ1) is 6.85. The van der Waals surface area contributed by atoms with Gasteiger partial charge in [-0.05, 0) is 13.8 Å². The molecule has 11 heavy (non-hydrogen) atoms. The second-order valence-corrected chi connectivity index (χ2v) is 3.13. The number of nitrogens with one attached hydrogen (secondary N) is 2. The Balaban J connectivity index is 2.48. The number of H-pyrrole nitrogens is 1. The van der Waals surface area contributed by atoms with E-state index in [-0.39, 0.29) is 0 Å². The molecule has 0 aromatic carbocycles. The monoisotopic (exact) mass is 151 g/mol. The van der Waals surface area contributed by atoms with Gasteiger partial charge in [0.1, 0.15) is 0 Å². The van der Waals surface area contributed by atoms with Crippen LogP contribution in [-0.2, 0) is 6.42 Å². The van der Waals surface area contributed by atoms with Gasteiger partial charge in [-0.2, -0.15) is 5.10 Å². The Kier molecular flexibility index (Phi) is 1.46. The molecule has 2 N–H and O–H groups in total. The standard InChI is InChI=1S/C8H13N3/c1-5-8-6(2)10-11-7(8)3-4-9-5/h5,9H,3-4H2,1-2H3,(H,10,11). The molecule has 2 rings (SSSR count). The second kappa shape index (κ2) is 2.34. The molecule has 1 aliphatic rings. The van der Waals surface area contributed by atoms with E-state index in [0.717, 1.165) is 13.0 Å². The maximum atomic E-state index is 4.24. The zero-order valence-corrected chi connectivity index (χ0v) is 6.94. The van der Waals surface area contributed by atoms with Crippen molar-refractivity contribution >= 4 is 0 Å². The normalized spacial score (nSPS) is 23.3. The van der Waals surface area contributed by atoms with Crippen molar-refractivity contribution < 1.29 is 0 Å². The minimum absolute atomic E-state index is 0.470. The fourth-order valence-electron chi connectivity index (χ4n) is 1.76. The lowest BCUT2D eigenvalue weighted by atomic mass is 10.0. The predicted molar refractivity (Wildman–Crippen MR) is 43.4 cm³/mol. The average Bonchev–Trinajstić information content (AvgIpc) is 2.34. The summed E-state index contributed by atoms with van der Waals surface area (Å²) in [6, 6.07) is 0.470. The number of rotatable bonds is 0. The molecule has 1 unspecified atom stereocenters. The average molecular weight is 151 g/mol. The summed E-state index contributed by atoms with van der Waals surface area (Å²) in [5.41, 5.74) is 3.82. The van der Waals surface area contributed by atoms with Crippen LogP contribution in [-0.4, -0.2) is 16.7 Å². The van der Waals surface area contributed by atoms with Gasteiger partial charge in [0.25, 0.3) is 0 Å². The molecule has 2 heterocycles. The van der Waals surface area contributed by atoms with Crippen LogP contribution in [0.25, 0.3) is 0 Å². The lowest BCUT2D eigenvalue weighted by Crippen LogP contribution is -2.27. The maximum absolute atomic E-state index is 4.24. The van der Waals surface area contributed by atoms with E-state index in [9.17, 15) is 0 Å². The van der Waals surface area contributed by atoms with Crippen molar-refractivity contribution in [3.8, 4) is 0 Å². The molecule has 0 radical (unpaired) electrons. The van der Waals surface area contributed by atoms with Gasteiger partial charge < -0.3 is 5.32 Å². The third kappa shape index (κ3) is 0.959.